The number of fused-ring (bicyclic) bond motifs is 1. The smallest absolute Gasteiger partial charge is 0.412 e. The molecule has 3 rings (SSSR count). The van der Waals surface area contributed by atoms with Crippen molar-refractivity contribution in [1.29, 1.82) is 0 Å². The van der Waals surface area contributed by atoms with Gasteiger partial charge in [-0.25, -0.2) is 4.79 Å². The Morgan fingerprint density at radius 1 is 0.791 bits per heavy atom. The Hall–Kier alpha value is -3.67. The van der Waals surface area contributed by atoms with Gasteiger partial charge in [0, 0.05) is 0 Å². The zero-order valence-electron chi connectivity index (χ0n) is 26.3. The van der Waals surface area contributed by atoms with Crippen LogP contribution in [-0.4, -0.2) is 78.7 Å². The summed E-state index contributed by atoms with van der Waals surface area (Å²) in [6, 6.07) is 8.94. The number of benzene rings is 1. The fourth-order valence-electron chi connectivity index (χ4n) is 4.05. The van der Waals surface area contributed by atoms with Crippen molar-refractivity contribution in [2.24, 2.45) is 16.2 Å². The van der Waals surface area contributed by atoms with Crippen molar-refractivity contribution in [2.75, 3.05) is 13.2 Å². The van der Waals surface area contributed by atoms with Gasteiger partial charge >= 0.3 is 30.0 Å². The quantitative estimate of drug-likeness (QED) is 0.345. The summed E-state index contributed by atoms with van der Waals surface area (Å²) in [5, 5.41) is 0. The van der Waals surface area contributed by atoms with E-state index >= 15 is 0 Å². The van der Waals surface area contributed by atoms with Crippen LogP contribution in [0, 0.1) is 16.2 Å². The van der Waals surface area contributed by atoms with Crippen LogP contribution < -0.4 is 0 Å². The molecule has 0 radical (unpaired) electrons. The van der Waals surface area contributed by atoms with Crippen LogP contribution >= 0.6 is 0 Å². The van der Waals surface area contributed by atoms with Crippen molar-refractivity contribution in [1.82, 2.24) is 4.90 Å². The van der Waals surface area contributed by atoms with Gasteiger partial charge < -0.3 is 28.4 Å². The Labute approximate surface area is 252 Å². The Morgan fingerprint density at radius 3 is 1.86 bits per heavy atom. The second-order valence-electron chi connectivity index (χ2n) is 13.8. The van der Waals surface area contributed by atoms with Gasteiger partial charge in [0.25, 0.3) is 0 Å². The maximum atomic E-state index is 13.3. The normalized spacial score (nSPS) is 24.3. The molecule has 2 heterocycles. The molecule has 12 heteroatoms. The predicted molar refractivity (Wildman–Crippen MR) is 151 cm³/mol. The first kappa shape index (κ1) is 33.8. The maximum absolute atomic E-state index is 13.3. The number of amides is 1. The summed E-state index contributed by atoms with van der Waals surface area (Å²) in [4.78, 5) is 66.0. The molecule has 2 aliphatic heterocycles. The molecule has 0 saturated carbocycles. The lowest BCUT2D eigenvalue weighted by Crippen LogP contribution is -2.70. The Bertz CT molecular complexity index is 1190. The van der Waals surface area contributed by atoms with Gasteiger partial charge in [0.2, 0.25) is 0 Å². The molecule has 0 N–H and O–H groups in total. The number of morpholine rings is 1. The van der Waals surface area contributed by atoms with Gasteiger partial charge in [-0.3, -0.25) is 24.1 Å². The minimum Gasteiger partial charge on any atom is -0.462 e. The number of rotatable bonds is 6. The SMILES string of the molecule is CC(C)(C)C(=O)OC[C@H]1O[C@@H]2[C@H](OC(=O)CN2C(=O)OCc2ccccc2)[C@@H](OC(=O)C(C)(C)C)[C@@H]1OC(=O)C(C)(C)C. The average Bonchev–Trinajstić information content (AvgIpc) is 2.90. The highest BCUT2D eigenvalue weighted by Crippen LogP contribution is 2.36. The van der Waals surface area contributed by atoms with Gasteiger partial charge in [0.15, 0.2) is 24.5 Å². The van der Waals surface area contributed by atoms with Gasteiger partial charge in [0.05, 0.1) is 16.2 Å². The zero-order valence-corrected chi connectivity index (χ0v) is 26.3. The molecule has 2 saturated heterocycles. The van der Waals surface area contributed by atoms with E-state index in [0.29, 0.717) is 0 Å². The molecule has 1 amide bonds. The number of hydrogen-bond acceptors (Lipinski definition) is 11. The second-order valence-corrected chi connectivity index (χ2v) is 13.8. The van der Waals surface area contributed by atoms with E-state index < -0.39 is 90.0 Å². The Balaban J connectivity index is 2.01. The molecule has 238 valence electrons. The molecule has 0 unspecified atom stereocenters. The van der Waals surface area contributed by atoms with Crippen molar-refractivity contribution in [3.05, 3.63) is 35.9 Å². The molecule has 1 aromatic rings. The van der Waals surface area contributed by atoms with Crippen molar-refractivity contribution < 1.29 is 52.4 Å². The molecule has 5 atom stereocenters. The van der Waals surface area contributed by atoms with Crippen molar-refractivity contribution in [2.45, 2.75) is 99.6 Å². The number of carbonyl (C=O) groups is 5. The second kappa shape index (κ2) is 12.9. The van der Waals surface area contributed by atoms with Crippen molar-refractivity contribution in [3.8, 4) is 0 Å². The summed E-state index contributed by atoms with van der Waals surface area (Å²) in [6.07, 6.45) is -7.57. The average molecular weight is 606 g/mol. The summed E-state index contributed by atoms with van der Waals surface area (Å²) >= 11 is 0. The number of ether oxygens (including phenoxy) is 6. The third-order valence-corrected chi connectivity index (χ3v) is 6.63. The van der Waals surface area contributed by atoms with Gasteiger partial charge in [-0.15, -0.1) is 0 Å². The number of esters is 4. The van der Waals surface area contributed by atoms with E-state index in [9.17, 15) is 24.0 Å². The van der Waals surface area contributed by atoms with E-state index in [-0.39, 0.29) is 6.61 Å². The first-order valence-electron chi connectivity index (χ1n) is 14.2. The van der Waals surface area contributed by atoms with Crippen LogP contribution in [0.1, 0.15) is 67.9 Å². The summed E-state index contributed by atoms with van der Waals surface area (Å²) in [7, 11) is 0. The first-order chi connectivity index (χ1) is 19.8. The number of nitrogens with zero attached hydrogens (tertiary/aromatic N) is 1. The Kier molecular flexibility index (Phi) is 10.2. The third kappa shape index (κ3) is 8.68. The fraction of sp³-hybridized carbons (Fsp3) is 0.645. The number of carbonyl (C=O) groups excluding carboxylic acids is 5. The highest BCUT2D eigenvalue weighted by molar-refractivity contribution is 5.80. The van der Waals surface area contributed by atoms with E-state index in [1.165, 1.54) is 0 Å². The minimum atomic E-state index is -1.41. The summed E-state index contributed by atoms with van der Waals surface area (Å²) < 4.78 is 34.5. The fourth-order valence-corrected chi connectivity index (χ4v) is 4.05. The van der Waals surface area contributed by atoms with E-state index in [0.717, 1.165) is 10.5 Å². The molecular weight excluding hydrogens is 562 g/mol. The van der Waals surface area contributed by atoms with Gasteiger partial charge in [-0.1, -0.05) is 30.3 Å². The third-order valence-electron chi connectivity index (χ3n) is 6.63. The van der Waals surface area contributed by atoms with Gasteiger partial charge in [-0.05, 0) is 67.9 Å². The van der Waals surface area contributed by atoms with Crippen LogP contribution in [0.3, 0.4) is 0 Å². The highest BCUT2D eigenvalue weighted by Gasteiger charge is 2.58. The molecule has 2 fully saturated rings. The lowest BCUT2D eigenvalue weighted by atomic mass is 9.92. The molecule has 0 bridgehead atoms. The van der Waals surface area contributed by atoms with Crippen LogP contribution in [0.25, 0.3) is 0 Å². The molecule has 0 aromatic heterocycles. The Morgan fingerprint density at radius 2 is 1.33 bits per heavy atom. The van der Waals surface area contributed by atoms with Crippen molar-refractivity contribution >= 4 is 30.0 Å². The molecular formula is C31H43NO11. The van der Waals surface area contributed by atoms with E-state index in [4.69, 9.17) is 28.4 Å². The predicted octanol–water partition coefficient (Wildman–Crippen LogP) is 3.78. The minimum absolute atomic E-state index is 0.0799. The number of hydrogen-bond donors (Lipinski definition) is 0. The zero-order chi connectivity index (χ0) is 32.3. The van der Waals surface area contributed by atoms with E-state index in [1.807, 2.05) is 6.07 Å². The van der Waals surface area contributed by atoms with Gasteiger partial charge in [0.1, 0.15) is 25.9 Å². The van der Waals surface area contributed by atoms with Crippen LogP contribution in [0.5, 0.6) is 0 Å². The molecule has 12 nitrogen and oxygen atoms in total. The first-order valence-corrected chi connectivity index (χ1v) is 14.2. The van der Waals surface area contributed by atoms with E-state index in [1.54, 1.807) is 86.6 Å². The standard InChI is InChI=1S/C31H43NO11/c1-29(2,3)25(34)38-17-19-21(42-26(35)30(4,5)6)22(43-27(36)31(7,8)9)23-24(40-19)32(15-20(33)41-23)28(37)39-16-18-13-11-10-12-14-18/h10-14,19,21-24H,15-17H2,1-9H3/t19-,21-,22+,23-,24-/m1/s1. The topological polar surface area (TPSA) is 144 Å². The van der Waals surface area contributed by atoms with Crippen molar-refractivity contribution in [3.63, 3.8) is 0 Å². The molecule has 0 spiro atoms. The largest absolute Gasteiger partial charge is 0.462 e. The van der Waals surface area contributed by atoms with Gasteiger partial charge in [-0.2, -0.15) is 0 Å². The molecule has 0 aliphatic carbocycles. The lowest BCUT2D eigenvalue weighted by Gasteiger charge is -2.49. The monoisotopic (exact) mass is 605 g/mol. The highest BCUT2D eigenvalue weighted by atomic mass is 16.7. The molecule has 43 heavy (non-hydrogen) atoms. The lowest BCUT2D eigenvalue weighted by molar-refractivity contribution is -0.288. The maximum Gasteiger partial charge on any atom is 0.412 e. The van der Waals surface area contributed by atoms with Crippen LogP contribution in [-0.2, 0) is 54.2 Å². The molecule has 1 aromatic carbocycles. The summed E-state index contributed by atoms with van der Waals surface area (Å²) in [6.45, 7) is 13.8. The summed E-state index contributed by atoms with van der Waals surface area (Å²) in [5.41, 5.74) is -2.11. The van der Waals surface area contributed by atoms with Crippen LogP contribution in [0.15, 0.2) is 30.3 Å². The van der Waals surface area contributed by atoms with E-state index in [2.05, 4.69) is 0 Å². The van der Waals surface area contributed by atoms with Crippen LogP contribution in [0.2, 0.25) is 0 Å². The molecule has 2 aliphatic rings. The van der Waals surface area contributed by atoms with Crippen LogP contribution in [0.4, 0.5) is 4.79 Å². The summed E-state index contributed by atoms with van der Waals surface area (Å²) in [5.74, 6) is -2.71.